The average molecular weight is 291 g/mol. The summed E-state index contributed by atoms with van der Waals surface area (Å²) in [5.74, 6) is 1.74. The molecule has 0 bridgehead atoms. The molecule has 0 aromatic heterocycles. The Balaban J connectivity index is 2.30. The quantitative estimate of drug-likeness (QED) is 0.752. The predicted molar refractivity (Wildman–Crippen MR) is 59.3 cm³/mol. The summed E-state index contributed by atoms with van der Waals surface area (Å²) in [6.45, 7) is 0.416. The van der Waals surface area contributed by atoms with Crippen LogP contribution in [0, 0.1) is 10.8 Å². The Morgan fingerprint density at radius 3 is 2.87 bits per heavy atom. The lowest BCUT2D eigenvalue weighted by Crippen LogP contribution is -2.37. The maximum Gasteiger partial charge on any atom is 0.296 e. The first kappa shape index (κ1) is 12.1. The minimum atomic E-state index is -0.446. The first-order chi connectivity index (χ1) is 7.15. The molecule has 7 heteroatoms. The second-order valence-electron chi connectivity index (χ2n) is 2.58. The van der Waals surface area contributed by atoms with Crippen LogP contribution in [0.5, 0.6) is 0 Å². The van der Waals surface area contributed by atoms with E-state index in [2.05, 4.69) is 32.0 Å². The molecule has 80 valence electrons. The highest BCUT2D eigenvalue weighted by Gasteiger charge is 2.29. The largest absolute Gasteiger partial charge is 0.343 e. The number of imide groups is 1. The van der Waals surface area contributed by atoms with E-state index < -0.39 is 5.91 Å². The molecule has 0 radical (unpaired) electrons. The number of nitrogens with one attached hydrogen (secondary N) is 1. The zero-order chi connectivity index (χ0) is 11.3. The van der Waals surface area contributed by atoms with Gasteiger partial charge in [-0.05, 0) is 4.83 Å². The third-order valence-electron chi connectivity index (χ3n) is 1.62. The highest BCUT2D eigenvalue weighted by Crippen LogP contribution is 2.17. The summed E-state index contributed by atoms with van der Waals surface area (Å²) >= 11 is 3.76. The van der Waals surface area contributed by atoms with E-state index in [1.54, 1.807) is 0 Å². The number of carbonyl (C=O) groups excluding carboxylic acids is 3. The second-order valence-corrected chi connectivity index (χ2v) is 3.90. The molecule has 1 saturated heterocycles. The van der Waals surface area contributed by atoms with E-state index in [9.17, 15) is 14.4 Å². The van der Waals surface area contributed by atoms with E-state index in [1.165, 1.54) is 0 Å². The van der Waals surface area contributed by atoms with Crippen molar-refractivity contribution in [1.82, 2.24) is 10.2 Å². The normalized spacial score (nSPS) is 14.9. The van der Waals surface area contributed by atoms with Crippen molar-refractivity contribution in [2.24, 2.45) is 0 Å². The van der Waals surface area contributed by atoms with E-state index in [4.69, 9.17) is 0 Å². The van der Waals surface area contributed by atoms with Gasteiger partial charge in [-0.15, -0.1) is 0 Å². The number of nitrogens with zero attached hydrogens (tertiary/aromatic N) is 1. The summed E-state index contributed by atoms with van der Waals surface area (Å²) in [6, 6.07) is 0. The topological polar surface area (TPSA) is 66.5 Å². The molecule has 1 fully saturated rings. The van der Waals surface area contributed by atoms with Crippen LogP contribution >= 0.6 is 27.7 Å². The lowest BCUT2D eigenvalue weighted by atomic mass is 10.5. The van der Waals surface area contributed by atoms with Gasteiger partial charge in [0.05, 0.1) is 5.75 Å². The van der Waals surface area contributed by atoms with Crippen molar-refractivity contribution in [3.05, 3.63) is 0 Å². The molecule has 15 heavy (non-hydrogen) atoms. The summed E-state index contributed by atoms with van der Waals surface area (Å²) < 4.78 is 0. The van der Waals surface area contributed by atoms with Crippen LogP contribution in [0.4, 0.5) is 4.79 Å². The van der Waals surface area contributed by atoms with Crippen molar-refractivity contribution in [2.45, 2.75) is 0 Å². The highest BCUT2D eigenvalue weighted by molar-refractivity contribution is 9.12. The summed E-state index contributed by atoms with van der Waals surface area (Å²) in [6.07, 6.45) is 0. The third kappa shape index (κ3) is 3.57. The standard InChI is InChI=1S/C8H7BrN2O3S/c9-2-1-6(12)10-3-4-11-7(13)5-15-8(11)14/h3-5H2,(H,10,12). The lowest BCUT2D eigenvalue weighted by Gasteiger charge is -2.11. The molecule has 0 atom stereocenters. The zero-order valence-corrected chi connectivity index (χ0v) is 9.98. The maximum absolute atomic E-state index is 11.1. The van der Waals surface area contributed by atoms with Gasteiger partial charge in [0.15, 0.2) is 0 Å². The molecule has 1 N–H and O–H groups in total. The summed E-state index contributed by atoms with van der Waals surface area (Å²) in [5, 5.41) is 2.19. The average Bonchev–Trinajstić information content (AvgIpc) is 2.49. The minimum Gasteiger partial charge on any atom is -0.343 e. The molecule has 0 aromatic carbocycles. The molecule has 1 aliphatic rings. The van der Waals surface area contributed by atoms with Gasteiger partial charge in [-0.2, -0.15) is 0 Å². The van der Waals surface area contributed by atoms with Crippen molar-refractivity contribution in [3.8, 4) is 10.8 Å². The molecule has 1 rings (SSSR count). The number of hydrogen-bond acceptors (Lipinski definition) is 4. The van der Waals surface area contributed by atoms with Crippen molar-refractivity contribution in [1.29, 1.82) is 0 Å². The lowest BCUT2D eigenvalue weighted by molar-refractivity contribution is -0.125. The fourth-order valence-corrected chi connectivity index (χ4v) is 1.90. The molecule has 0 aromatic rings. The molecule has 1 aliphatic heterocycles. The van der Waals surface area contributed by atoms with Gasteiger partial charge in [-0.1, -0.05) is 11.8 Å². The van der Waals surface area contributed by atoms with Gasteiger partial charge in [-0.25, -0.2) is 0 Å². The third-order valence-corrected chi connectivity index (χ3v) is 2.68. The van der Waals surface area contributed by atoms with E-state index in [-0.39, 0.29) is 30.0 Å². The number of halogens is 1. The Kier molecular flexibility index (Phi) is 4.65. The molecule has 5 nitrogen and oxygen atoms in total. The Morgan fingerprint density at radius 1 is 1.60 bits per heavy atom. The van der Waals surface area contributed by atoms with E-state index in [0.717, 1.165) is 16.7 Å². The molecular formula is C8H7BrN2O3S. The highest BCUT2D eigenvalue weighted by atomic mass is 79.9. The van der Waals surface area contributed by atoms with Gasteiger partial charge in [0.1, 0.15) is 0 Å². The smallest absolute Gasteiger partial charge is 0.296 e. The predicted octanol–water partition coefficient (Wildman–Crippen LogP) is 0.154. The van der Waals surface area contributed by atoms with Crippen LogP contribution in [0.25, 0.3) is 0 Å². The fraction of sp³-hybridized carbons (Fsp3) is 0.375. The molecule has 0 aliphatic carbocycles. The molecular weight excluding hydrogens is 284 g/mol. The molecule has 0 saturated carbocycles. The first-order valence-electron chi connectivity index (χ1n) is 4.01. The van der Waals surface area contributed by atoms with Gasteiger partial charge in [0, 0.05) is 34.9 Å². The summed E-state index contributed by atoms with van der Waals surface area (Å²) in [4.78, 5) is 36.5. The van der Waals surface area contributed by atoms with E-state index in [1.807, 2.05) is 0 Å². The van der Waals surface area contributed by atoms with Crippen LogP contribution in [-0.4, -0.2) is 40.8 Å². The van der Waals surface area contributed by atoms with E-state index in [0.29, 0.717) is 0 Å². The van der Waals surface area contributed by atoms with Gasteiger partial charge < -0.3 is 5.32 Å². The van der Waals surface area contributed by atoms with Gasteiger partial charge in [0.2, 0.25) is 5.91 Å². The maximum atomic E-state index is 11.1. The first-order valence-corrected chi connectivity index (χ1v) is 5.79. The van der Waals surface area contributed by atoms with Crippen LogP contribution in [0.1, 0.15) is 0 Å². The minimum absolute atomic E-state index is 0.188. The number of hydrogen-bond donors (Lipinski definition) is 1. The van der Waals surface area contributed by atoms with Crippen LogP contribution in [-0.2, 0) is 9.59 Å². The SMILES string of the molecule is O=C(C#CBr)NCCN1C(=O)CSC1=O. The van der Waals surface area contributed by atoms with Crippen molar-refractivity contribution in [2.75, 3.05) is 18.8 Å². The van der Waals surface area contributed by atoms with Gasteiger partial charge >= 0.3 is 0 Å². The Morgan fingerprint density at radius 2 is 2.33 bits per heavy atom. The number of thioether (sulfide) groups is 1. The second kappa shape index (κ2) is 5.78. The monoisotopic (exact) mass is 290 g/mol. The molecule has 0 spiro atoms. The number of carbonyl (C=O) groups is 3. The Labute approximate surface area is 99.1 Å². The zero-order valence-electron chi connectivity index (χ0n) is 7.58. The van der Waals surface area contributed by atoms with Gasteiger partial charge in [-0.3, -0.25) is 19.3 Å². The summed E-state index contributed by atoms with van der Waals surface area (Å²) in [7, 11) is 0. The van der Waals surface area contributed by atoms with Crippen molar-refractivity contribution < 1.29 is 14.4 Å². The number of rotatable bonds is 3. The van der Waals surface area contributed by atoms with Crippen LogP contribution in [0.15, 0.2) is 0 Å². The van der Waals surface area contributed by atoms with Crippen LogP contribution in [0.3, 0.4) is 0 Å². The fourth-order valence-electron chi connectivity index (χ4n) is 0.965. The van der Waals surface area contributed by atoms with Crippen LogP contribution in [0.2, 0.25) is 0 Å². The van der Waals surface area contributed by atoms with Gasteiger partial charge in [0.25, 0.3) is 11.1 Å². The van der Waals surface area contributed by atoms with Crippen LogP contribution < -0.4 is 5.32 Å². The molecule has 1 heterocycles. The molecule has 3 amide bonds. The molecule has 0 unspecified atom stereocenters. The van der Waals surface area contributed by atoms with Crippen molar-refractivity contribution >= 4 is 44.7 Å². The summed E-state index contributed by atoms with van der Waals surface area (Å²) in [5.41, 5.74) is 0. The van der Waals surface area contributed by atoms with Crippen molar-refractivity contribution in [3.63, 3.8) is 0 Å². The Bertz CT molecular complexity index is 345. The Hall–Kier alpha value is -1.00. The van der Waals surface area contributed by atoms with E-state index >= 15 is 0 Å². The number of amides is 3.